The number of hydrogen-bond acceptors (Lipinski definition) is 5. The summed E-state index contributed by atoms with van der Waals surface area (Å²) in [4.78, 5) is 22.0. The van der Waals surface area contributed by atoms with Gasteiger partial charge in [0.2, 0.25) is 5.95 Å². The van der Waals surface area contributed by atoms with Gasteiger partial charge in [0.15, 0.2) is 0 Å². The van der Waals surface area contributed by atoms with E-state index in [4.69, 9.17) is 0 Å². The average molecular weight is 417 g/mol. The standard InChI is InChI=1S/C24H17F2N3O2/c25-15-7-5-14(6-8-15)11-29-12-18-20(17-4-2-10-28-24(17)26)16-3-1-9-27-22(16)23(31)21(18)19(29)13-30/h1-10,13,19,31H,11-12H2. The van der Waals surface area contributed by atoms with Crippen molar-refractivity contribution < 1.29 is 18.7 Å². The number of aromatic nitrogens is 2. The topological polar surface area (TPSA) is 66.3 Å². The molecule has 0 fully saturated rings. The number of fused-ring (bicyclic) bond motifs is 2. The minimum Gasteiger partial charge on any atom is -0.505 e. The van der Waals surface area contributed by atoms with E-state index < -0.39 is 12.0 Å². The summed E-state index contributed by atoms with van der Waals surface area (Å²) in [6, 6.07) is 12.0. The minimum atomic E-state index is -0.745. The number of phenolic OH excluding ortho intramolecular Hbond substituents is 1. The van der Waals surface area contributed by atoms with Crippen molar-refractivity contribution >= 4 is 17.2 Å². The Balaban J connectivity index is 1.72. The number of phenols is 1. The molecule has 154 valence electrons. The Kier molecular flexibility index (Phi) is 4.67. The number of halogens is 2. The molecule has 1 N–H and O–H groups in total. The van der Waals surface area contributed by atoms with E-state index in [1.54, 1.807) is 42.6 Å². The Morgan fingerprint density at radius 1 is 1.06 bits per heavy atom. The fourth-order valence-corrected chi connectivity index (χ4v) is 4.34. The predicted molar refractivity (Wildman–Crippen MR) is 111 cm³/mol. The van der Waals surface area contributed by atoms with Crippen LogP contribution in [-0.2, 0) is 17.9 Å². The van der Waals surface area contributed by atoms with Gasteiger partial charge >= 0.3 is 0 Å². The van der Waals surface area contributed by atoms with Gasteiger partial charge in [0, 0.05) is 47.6 Å². The largest absolute Gasteiger partial charge is 0.505 e. The predicted octanol–water partition coefficient (Wildman–Crippen LogP) is 4.54. The zero-order valence-corrected chi connectivity index (χ0v) is 16.3. The summed E-state index contributed by atoms with van der Waals surface area (Å²) in [7, 11) is 0. The first-order chi connectivity index (χ1) is 15.1. The normalized spacial score (nSPS) is 15.9. The zero-order chi connectivity index (χ0) is 21.5. The highest BCUT2D eigenvalue weighted by atomic mass is 19.1. The molecule has 0 bridgehead atoms. The summed E-state index contributed by atoms with van der Waals surface area (Å²) < 4.78 is 28.0. The quantitative estimate of drug-likeness (QED) is 0.390. The van der Waals surface area contributed by atoms with Crippen LogP contribution in [0.25, 0.3) is 22.0 Å². The summed E-state index contributed by atoms with van der Waals surface area (Å²) in [5.41, 5.74) is 3.04. The number of aromatic hydroxyl groups is 1. The number of pyridine rings is 2. The van der Waals surface area contributed by atoms with E-state index in [0.29, 0.717) is 40.7 Å². The fourth-order valence-electron chi connectivity index (χ4n) is 4.34. The van der Waals surface area contributed by atoms with Crippen molar-refractivity contribution in [1.29, 1.82) is 0 Å². The Labute approximate surface area is 176 Å². The molecule has 0 amide bonds. The maximum atomic E-state index is 14.7. The van der Waals surface area contributed by atoms with Crippen molar-refractivity contribution in [2.24, 2.45) is 0 Å². The molecule has 5 rings (SSSR count). The second-order valence-corrected chi connectivity index (χ2v) is 7.47. The molecule has 0 saturated carbocycles. The van der Waals surface area contributed by atoms with Crippen molar-refractivity contribution in [2.45, 2.75) is 19.1 Å². The third-order valence-corrected chi connectivity index (χ3v) is 5.69. The molecule has 1 atom stereocenters. The molecule has 7 heteroatoms. The molecule has 31 heavy (non-hydrogen) atoms. The molecule has 1 aliphatic heterocycles. The van der Waals surface area contributed by atoms with E-state index in [9.17, 15) is 18.7 Å². The van der Waals surface area contributed by atoms with Crippen LogP contribution in [0.5, 0.6) is 5.75 Å². The second-order valence-electron chi connectivity index (χ2n) is 7.47. The first-order valence-corrected chi connectivity index (χ1v) is 9.75. The number of benzene rings is 2. The molecule has 0 saturated heterocycles. The smallest absolute Gasteiger partial charge is 0.220 e. The van der Waals surface area contributed by atoms with Crippen LogP contribution in [0.2, 0.25) is 0 Å². The first kappa shape index (κ1) is 19.3. The van der Waals surface area contributed by atoms with Crippen LogP contribution in [0.15, 0.2) is 60.9 Å². The van der Waals surface area contributed by atoms with Crippen molar-refractivity contribution in [3.63, 3.8) is 0 Å². The highest BCUT2D eigenvalue weighted by molar-refractivity contribution is 6.02. The first-order valence-electron chi connectivity index (χ1n) is 9.75. The molecule has 0 aliphatic carbocycles. The fraction of sp³-hybridized carbons (Fsp3) is 0.125. The number of nitrogens with zero attached hydrogens (tertiary/aromatic N) is 3. The van der Waals surface area contributed by atoms with Crippen molar-refractivity contribution in [3.8, 4) is 16.9 Å². The Morgan fingerprint density at radius 3 is 2.55 bits per heavy atom. The second kappa shape index (κ2) is 7.52. The van der Waals surface area contributed by atoms with E-state index in [-0.39, 0.29) is 17.1 Å². The van der Waals surface area contributed by atoms with Gasteiger partial charge in [-0.25, -0.2) is 9.37 Å². The SMILES string of the molecule is O=CC1c2c(c(-c3cccnc3F)c3cccnc3c2O)CN1Cc1ccc(F)cc1. The maximum absolute atomic E-state index is 14.7. The number of rotatable bonds is 4. The maximum Gasteiger partial charge on any atom is 0.220 e. The van der Waals surface area contributed by atoms with Crippen LogP contribution in [0.3, 0.4) is 0 Å². The van der Waals surface area contributed by atoms with Gasteiger partial charge in [-0.2, -0.15) is 4.39 Å². The molecular formula is C24H17F2N3O2. The molecular weight excluding hydrogens is 400 g/mol. The molecule has 3 heterocycles. The summed E-state index contributed by atoms with van der Waals surface area (Å²) in [5.74, 6) is -1.07. The molecule has 0 spiro atoms. The zero-order valence-electron chi connectivity index (χ0n) is 16.3. The van der Waals surface area contributed by atoms with Gasteiger partial charge in [-0.3, -0.25) is 9.88 Å². The monoisotopic (exact) mass is 417 g/mol. The van der Waals surface area contributed by atoms with Crippen LogP contribution in [0.1, 0.15) is 22.7 Å². The van der Waals surface area contributed by atoms with Crippen LogP contribution < -0.4 is 0 Å². The molecule has 2 aromatic carbocycles. The molecule has 2 aromatic heterocycles. The van der Waals surface area contributed by atoms with E-state index in [0.717, 1.165) is 11.8 Å². The number of hydrogen-bond donors (Lipinski definition) is 1. The van der Waals surface area contributed by atoms with Crippen molar-refractivity contribution in [3.05, 3.63) is 89.4 Å². The third kappa shape index (κ3) is 3.14. The summed E-state index contributed by atoms with van der Waals surface area (Å²) >= 11 is 0. The molecule has 1 unspecified atom stereocenters. The third-order valence-electron chi connectivity index (χ3n) is 5.69. The van der Waals surface area contributed by atoms with Gasteiger partial charge < -0.3 is 9.90 Å². The summed E-state index contributed by atoms with van der Waals surface area (Å²) in [5, 5.41) is 11.6. The Morgan fingerprint density at radius 2 is 1.81 bits per heavy atom. The summed E-state index contributed by atoms with van der Waals surface area (Å²) in [6.45, 7) is 0.661. The van der Waals surface area contributed by atoms with E-state index in [1.807, 2.05) is 4.90 Å². The minimum absolute atomic E-state index is 0.0858. The van der Waals surface area contributed by atoms with Crippen LogP contribution in [-0.4, -0.2) is 26.3 Å². The lowest BCUT2D eigenvalue weighted by molar-refractivity contribution is -0.112. The van der Waals surface area contributed by atoms with Gasteiger partial charge in [-0.05, 0) is 41.5 Å². The number of aldehydes is 1. The van der Waals surface area contributed by atoms with Crippen LogP contribution in [0, 0.1) is 11.8 Å². The highest BCUT2D eigenvalue weighted by Crippen LogP contribution is 2.48. The Bertz CT molecular complexity index is 1310. The molecule has 4 aromatic rings. The van der Waals surface area contributed by atoms with E-state index in [2.05, 4.69) is 9.97 Å². The lowest BCUT2D eigenvalue weighted by Crippen LogP contribution is -2.22. The van der Waals surface area contributed by atoms with Gasteiger partial charge in [0.25, 0.3) is 0 Å². The van der Waals surface area contributed by atoms with Crippen LogP contribution in [0.4, 0.5) is 8.78 Å². The number of carbonyl (C=O) groups excluding carboxylic acids is 1. The molecule has 1 aliphatic rings. The van der Waals surface area contributed by atoms with Gasteiger partial charge in [-0.15, -0.1) is 0 Å². The van der Waals surface area contributed by atoms with Crippen molar-refractivity contribution in [1.82, 2.24) is 14.9 Å². The van der Waals surface area contributed by atoms with Crippen LogP contribution >= 0.6 is 0 Å². The lowest BCUT2D eigenvalue weighted by atomic mass is 9.91. The highest BCUT2D eigenvalue weighted by Gasteiger charge is 2.37. The van der Waals surface area contributed by atoms with E-state index in [1.165, 1.54) is 18.3 Å². The molecule has 0 radical (unpaired) electrons. The number of carbonyl (C=O) groups is 1. The molecule has 5 nitrogen and oxygen atoms in total. The van der Waals surface area contributed by atoms with E-state index >= 15 is 0 Å². The van der Waals surface area contributed by atoms with Gasteiger partial charge in [-0.1, -0.05) is 18.2 Å². The summed E-state index contributed by atoms with van der Waals surface area (Å²) in [6.07, 6.45) is 3.67. The van der Waals surface area contributed by atoms with Gasteiger partial charge in [0.1, 0.15) is 23.4 Å². The van der Waals surface area contributed by atoms with Crippen molar-refractivity contribution in [2.75, 3.05) is 0 Å². The van der Waals surface area contributed by atoms with Gasteiger partial charge in [0.05, 0.1) is 6.04 Å². The average Bonchev–Trinajstić information content (AvgIpc) is 3.14. The lowest BCUT2D eigenvalue weighted by Gasteiger charge is -2.20. The Hall–Kier alpha value is -3.71.